The third-order valence-corrected chi connectivity index (χ3v) is 5.07. The zero-order chi connectivity index (χ0) is 21.0. The highest BCUT2D eigenvalue weighted by atomic mass is 32.1. The van der Waals surface area contributed by atoms with Crippen LogP contribution in [0, 0.1) is 24.0 Å². The summed E-state index contributed by atoms with van der Waals surface area (Å²) < 4.78 is 9.72. The van der Waals surface area contributed by atoms with Crippen molar-refractivity contribution in [2.24, 2.45) is 0 Å². The molecule has 0 atom stereocenters. The standard InChI is InChI=1S/C18H18N2O7S/c1-5-27-17(22)13-10(3)14(18(23)26-4)28-16(13)19-15(21)11-6-7-12(20(24)25)9(2)8-11/h6-8H,5H2,1-4H3,(H,19,21). The van der Waals surface area contributed by atoms with E-state index in [1.54, 1.807) is 13.8 Å². The van der Waals surface area contributed by atoms with Crippen LogP contribution in [0.5, 0.6) is 0 Å². The fraction of sp³-hybridized carbons (Fsp3) is 0.278. The molecule has 0 fully saturated rings. The van der Waals surface area contributed by atoms with Gasteiger partial charge in [0.1, 0.15) is 9.88 Å². The van der Waals surface area contributed by atoms with E-state index in [9.17, 15) is 24.5 Å². The maximum atomic E-state index is 12.6. The maximum absolute atomic E-state index is 12.6. The van der Waals surface area contributed by atoms with Gasteiger partial charge in [0.25, 0.3) is 11.6 Å². The van der Waals surface area contributed by atoms with E-state index in [0.717, 1.165) is 11.3 Å². The van der Waals surface area contributed by atoms with E-state index >= 15 is 0 Å². The Morgan fingerprint density at radius 2 is 1.89 bits per heavy atom. The van der Waals surface area contributed by atoms with Crippen molar-refractivity contribution in [3.8, 4) is 0 Å². The van der Waals surface area contributed by atoms with Crippen molar-refractivity contribution in [1.29, 1.82) is 0 Å². The summed E-state index contributed by atoms with van der Waals surface area (Å²) >= 11 is 0.893. The Morgan fingerprint density at radius 1 is 1.21 bits per heavy atom. The number of nitro benzene ring substituents is 1. The lowest BCUT2D eigenvalue weighted by Gasteiger charge is -2.08. The lowest BCUT2D eigenvalue weighted by atomic mass is 10.1. The van der Waals surface area contributed by atoms with E-state index in [4.69, 9.17) is 9.47 Å². The highest BCUT2D eigenvalue weighted by molar-refractivity contribution is 7.18. The molecule has 0 unspecified atom stereocenters. The number of carbonyl (C=O) groups excluding carboxylic acids is 3. The van der Waals surface area contributed by atoms with Gasteiger partial charge < -0.3 is 14.8 Å². The van der Waals surface area contributed by atoms with Crippen molar-refractivity contribution < 1.29 is 28.8 Å². The monoisotopic (exact) mass is 406 g/mol. The van der Waals surface area contributed by atoms with Crippen LogP contribution in [0.4, 0.5) is 10.7 Å². The summed E-state index contributed by atoms with van der Waals surface area (Å²) in [6, 6.07) is 3.92. The Hall–Kier alpha value is -3.27. The van der Waals surface area contributed by atoms with Gasteiger partial charge in [-0.1, -0.05) is 0 Å². The van der Waals surface area contributed by atoms with E-state index in [1.165, 1.54) is 32.2 Å². The zero-order valence-corrected chi connectivity index (χ0v) is 16.5. The molecule has 1 N–H and O–H groups in total. The summed E-state index contributed by atoms with van der Waals surface area (Å²) in [5.41, 5.74) is 0.790. The lowest BCUT2D eigenvalue weighted by molar-refractivity contribution is -0.385. The van der Waals surface area contributed by atoms with Crippen LogP contribution in [0.15, 0.2) is 18.2 Å². The van der Waals surface area contributed by atoms with E-state index in [2.05, 4.69) is 5.32 Å². The Bertz CT molecular complexity index is 965. The quantitative estimate of drug-likeness (QED) is 0.442. The third kappa shape index (κ3) is 4.17. The molecule has 0 bridgehead atoms. The van der Waals surface area contributed by atoms with Gasteiger partial charge in [0.2, 0.25) is 0 Å². The smallest absolute Gasteiger partial charge is 0.348 e. The number of nitrogens with one attached hydrogen (secondary N) is 1. The van der Waals surface area contributed by atoms with E-state index in [0.29, 0.717) is 11.1 Å². The van der Waals surface area contributed by atoms with Gasteiger partial charge in [0.05, 0.1) is 24.2 Å². The normalized spacial score (nSPS) is 10.3. The first kappa shape index (κ1) is 21.0. The molecule has 1 aromatic carbocycles. The topological polar surface area (TPSA) is 125 Å². The predicted molar refractivity (Wildman–Crippen MR) is 102 cm³/mol. The number of ether oxygens (including phenoxy) is 2. The minimum atomic E-state index is -0.679. The van der Waals surface area contributed by atoms with Crippen molar-refractivity contribution in [1.82, 2.24) is 0 Å². The molecule has 28 heavy (non-hydrogen) atoms. The fourth-order valence-corrected chi connectivity index (χ4v) is 3.62. The van der Waals surface area contributed by atoms with Crippen LogP contribution >= 0.6 is 11.3 Å². The second-order valence-electron chi connectivity index (χ2n) is 5.68. The molecule has 148 valence electrons. The molecule has 0 saturated carbocycles. The average Bonchev–Trinajstić information content (AvgIpc) is 2.96. The third-order valence-electron chi connectivity index (χ3n) is 3.88. The van der Waals surface area contributed by atoms with Gasteiger partial charge in [0.15, 0.2) is 0 Å². The number of benzene rings is 1. The first-order chi connectivity index (χ1) is 13.2. The highest BCUT2D eigenvalue weighted by Gasteiger charge is 2.27. The first-order valence-electron chi connectivity index (χ1n) is 8.16. The van der Waals surface area contributed by atoms with Crippen LogP contribution < -0.4 is 5.32 Å². The highest BCUT2D eigenvalue weighted by Crippen LogP contribution is 2.34. The number of amides is 1. The maximum Gasteiger partial charge on any atom is 0.348 e. The Labute approximate surface area is 164 Å². The number of nitro groups is 1. The molecule has 2 rings (SSSR count). The van der Waals surface area contributed by atoms with Crippen LogP contribution in [0.2, 0.25) is 0 Å². The van der Waals surface area contributed by atoms with Crippen molar-refractivity contribution in [2.75, 3.05) is 19.0 Å². The Morgan fingerprint density at radius 3 is 2.43 bits per heavy atom. The second-order valence-corrected chi connectivity index (χ2v) is 6.71. The SMILES string of the molecule is CCOC(=O)c1c(NC(=O)c2ccc([N+](=O)[O-])c(C)c2)sc(C(=O)OC)c1C. The summed E-state index contributed by atoms with van der Waals surface area (Å²) in [4.78, 5) is 47.4. The number of hydrogen-bond donors (Lipinski definition) is 1. The average molecular weight is 406 g/mol. The number of methoxy groups -OCH3 is 1. The zero-order valence-electron chi connectivity index (χ0n) is 15.7. The number of esters is 2. The molecule has 1 aromatic heterocycles. The molecule has 0 aliphatic heterocycles. The minimum Gasteiger partial charge on any atom is -0.465 e. The van der Waals surface area contributed by atoms with Crippen molar-refractivity contribution in [2.45, 2.75) is 20.8 Å². The van der Waals surface area contributed by atoms with E-state index in [-0.39, 0.29) is 33.3 Å². The van der Waals surface area contributed by atoms with Crippen LogP contribution in [-0.4, -0.2) is 36.5 Å². The number of nitrogens with zero attached hydrogens (tertiary/aromatic N) is 1. The molecule has 0 aliphatic carbocycles. The van der Waals surface area contributed by atoms with Crippen LogP contribution in [0.3, 0.4) is 0 Å². The van der Waals surface area contributed by atoms with E-state index < -0.39 is 22.8 Å². The largest absolute Gasteiger partial charge is 0.465 e. The number of thiophene rings is 1. The van der Waals surface area contributed by atoms with Gasteiger partial charge in [-0.15, -0.1) is 11.3 Å². The van der Waals surface area contributed by atoms with Gasteiger partial charge in [-0.2, -0.15) is 0 Å². The number of hydrogen-bond acceptors (Lipinski definition) is 8. The van der Waals surface area contributed by atoms with Crippen molar-refractivity contribution in [3.63, 3.8) is 0 Å². The fourth-order valence-electron chi connectivity index (χ4n) is 2.51. The molecule has 10 heteroatoms. The van der Waals surface area contributed by atoms with Crippen molar-refractivity contribution in [3.05, 3.63) is 55.4 Å². The summed E-state index contributed by atoms with van der Waals surface area (Å²) in [5, 5.41) is 13.6. The van der Waals surface area contributed by atoms with Crippen LogP contribution in [0.1, 0.15) is 48.4 Å². The summed E-state index contributed by atoms with van der Waals surface area (Å²) in [5.74, 6) is -1.90. The number of carbonyl (C=O) groups is 3. The van der Waals surface area contributed by atoms with Crippen LogP contribution in [-0.2, 0) is 9.47 Å². The molecule has 2 aromatic rings. The van der Waals surface area contributed by atoms with Gasteiger partial charge in [0, 0.05) is 17.2 Å². The number of anilines is 1. The predicted octanol–water partition coefficient (Wildman–Crippen LogP) is 3.49. The summed E-state index contributed by atoms with van der Waals surface area (Å²) in [6.45, 7) is 4.83. The van der Waals surface area contributed by atoms with Gasteiger partial charge in [-0.3, -0.25) is 14.9 Å². The molecule has 1 amide bonds. The Kier molecular flexibility index (Phi) is 6.47. The molecular weight excluding hydrogens is 388 g/mol. The molecule has 0 saturated heterocycles. The van der Waals surface area contributed by atoms with Gasteiger partial charge in [-0.05, 0) is 38.5 Å². The summed E-state index contributed by atoms with van der Waals surface area (Å²) in [7, 11) is 1.21. The van der Waals surface area contributed by atoms with E-state index in [1.807, 2.05) is 0 Å². The molecule has 1 heterocycles. The minimum absolute atomic E-state index is 0.0687. The molecule has 0 radical (unpaired) electrons. The van der Waals surface area contributed by atoms with Crippen LogP contribution in [0.25, 0.3) is 0 Å². The second kappa shape index (κ2) is 8.61. The summed E-state index contributed by atoms with van der Waals surface area (Å²) in [6.07, 6.45) is 0. The Balaban J connectivity index is 2.42. The van der Waals surface area contributed by atoms with Gasteiger partial charge >= 0.3 is 11.9 Å². The molecule has 9 nitrogen and oxygen atoms in total. The van der Waals surface area contributed by atoms with Crippen molar-refractivity contribution >= 4 is 39.9 Å². The number of aryl methyl sites for hydroxylation is 1. The number of rotatable bonds is 6. The lowest BCUT2D eigenvalue weighted by Crippen LogP contribution is -2.15. The van der Waals surface area contributed by atoms with Gasteiger partial charge in [-0.25, -0.2) is 9.59 Å². The molecule has 0 aliphatic rings. The molecule has 0 spiro atoms. The molecular formula is C18H18N2O7S. The first-order valence-corrected chi connectivity index (χ1v) is 8.98.